The summed E-state index contributed by atoms with van der Waals surface area (Å²) >= 11 is 0. The number of fused-ring (bicyclic) bond motifs is 1. The summed E-state index contributed by atoms with van der Waals surface area (Å²) in [7, 11) is 0. The number of aliphatic hydroxyl groups is 1. The third-order valence-corrected chi connectivity index (χ3v) is 2.48. The zero-order valence-electron chi connectivity index (χ0n) is 9.20. The molecule has 4 heteroatoms. The lowest BCUT2D eigenvalue weighted by atomic mass is 10.0. The minimum Gasteiger partial charge on any atom is -0.481 e. The molecule has 0 heterocycles. The number of aliphatic hydroxyl groups excluding tert-OH is 1. The van der Waals surface area contributed by atoms with E-state index in [1.165, 1.54) is 24.3 Å². The molecule has 1 aromatic carbocycles. The van der Waals surface area contributed by atoms with E-state index in [1.54, 1.807) is 6.92 Å². The van der Waals surface area contributed by atoms with E-state index >= 15 is 0 Å². The van der Waals surface area contributed by atoms with Gasteiger partial charge in [-0.25, -0.2) is 4.39 Å². The zero-order chi connectivity index (χ0) is 12.4. The van der Waals surface area contributed by atoms with Gasteiger partial charge in [-0.3, -0.25) is 0 Å². The van der Waals surface area contributed by atoms with Crippen LogP contribution in [0.2, 0.25) is 0 Å². The van der Waals surface area contributed by atoms with Gasteiger partial charge in [0.05, 0.1) is 23.8 Å². The Labute approximate surface area is 98.1 Å². The summed E-state index contributed by atoms with van der Waals surface area (Å²) in [5.41, 5.74) is 1.82. The van der Waals surface area contributed by atoms with Crippen LogP contribution < -0.4 is 0 Å². The van der Waals surface area contributed by atoms with E-state index in [4.69, 9.17) is 10.00 Å². The van der Waals surface area contributed by atoms with E-state index in [2.05, 4.69) is 0 Å². The van der Waals surface area contributed by atoms with Crippen molar-refractivity contribution < 1.29 is 14.2 Å². The summed E-state index contributed by atoms with van der Waals surface area (Å²) in [5, 5.41) is 18.6. The number of nitrogens with zero attached hydrogens (tertiary/aromatic N) is 1. The van der Waals surface area contributed by atoms with Crippen LogP contribution in [0.15, 0.2) is 30.2 Å². The first-order chi connectivity index (χ1) is 8.17. The average Bonchev–Trinajstić information content (AvgIpc) is 2.67. The molecule has 86 valence electrons. The van der Waals surface area contributed by atoms with Gasteiger partial charge in [-0.2, -0.15) is 5.26 Å². The summed E-state index contributed by atoms with van der Waals surface area (Å²) in [6.07, 6.45) is 1.50. The maximum atomic E-state index is 13.2. The molecule has 0 aromatic heterocycles. The van der Waals surface area contributed by atoms with Gasteiger partial charge in [0.2, 0.25) is 0 Å². The fourth-order valence-corrected chi connectivity index (χ4v) is 1.76. The molecule has 1 aliphatic carbocycles. The fourth-order valence-electron chi connectivity index (χ4n) is 1.76. The molecular formula is C13H10FNO2. The summed E-state index contributed by atoms with van der Waals surface area (Å²) in [6, 6.07) is 6.09. The molecule has 2 rings (SSSR count). The normalized spacial score (nSPS) is 15.9. The molecule has 0 saturated carbocycles. The number of allylic oxidation sites excluding steroid dienone is 3. The lowest BCUT2D eigenvalue weighted by molar-refractivity contribution is 0.105. The van der Waals surface area contributed by atoms with Crippen LogP contribution in [0, 0.1) is 17.1 Å². The summed E-state index contributed by atoms with van der Waals surface area (Å²) in [4.78, 5) is 0. The van der Waals surface area contributed by atoms with Gasteiger partial charge < -0.3 is 9.84 Å². The SMILES string of the molecule is CCOC(O)=C1C=C(C#N)c2ccc(F)cc21. The van der Waals surface area contributed by atoms with Gasteiger partial charge in [-0.1, -0.05) is 6.07 Å². The van der Waals surface area contributed by atoms with Crippen LogP contribution in [0.1, 0.15) is 18.1 Å². The number of hydrogen-bond donors (Lipinski definition) is 1. The first kappa shape index (κ1) is 11.2. The molecule has 0 saturated heterocycles. The highest BCUT2D eigenvalue weighted by molar-refractivity contribution is 6.00. The van der Waals surface area contributed by atoms with Crippen molar-refractivity contribution in [2.24, 2.45) is 0 Å². The van der Waals surface area contributed by atoms with Crippen molar-refractivity contribution in [2.75, 3.05) is 6.61 Å². The highest BCUT2D eigenvalue weighted by Crippen LogP contribution is 2.36. The van der Waals surface area contributed by atoms with Crippen molar-refractivity contribution in [1.82, 2.24) is 0 Å². The monoisotopic (exact) mass is 231 g/mol. The number of halogens is 1. The number of hydrogen-bond acceptors (Lipinski definition) is 3. The van der Waals surface area contributed by atoms with Crippen LogP contribution in [0.3, 0.4) is 0 Å². The Morgan fingerprint density at radius 2 is 2.24 bits per heavy atom. The molecule has 0 aliphatic heterocycles. The van der Waals surface area contributed by atoms with Crippen molar-refractivity contribution >= 4 is 11.1 Å². The zero-order valence-corrected chi connectivity index (χ0v) is 9.20. The fraction of sp³-hybridized carbons (Fsp3) is 0.154. The Bertz CT molecular complexity index is 567. The van der Waals surface area contributed by atoms with Crippen LogP contribution in [-0.4, -0.2) is 11.7 Å². The molecule has 0 amide bonds. The third-order valence-electron chi connectivity index (χ3n) is 2.48. The second-order valence-corrected chi connectivity index (χ2v) is 3.51. The van der Waals surface area contributed by atoms with Gasteiger partial charge in [-0.15, -0.1) is 0 Å². The smallest absolute Gasteiger partial charge is 0.284 e. The first-order valence-corrected chi connectivity index (χ1v) is 5.15. The molecule has 1 N–H and O–H groups in total. The molecule has 1 aliphatic rings. The Morgan fingerprint density at radius 3 is 2.88 bits per heavy atom. The van der Waals surface area contributed by atoms with Gasteiger partial charge in [0.15, 0.2) is 0 Å². The van der Waals surface area contributed by atoms with Crippen molar-refractivity contribution in [3.63, 3.8) is 0 Å². The molecule has 0 bridgehead atoms. The Balaban J connectivity index is 2.61. The van der Waals surface area contributed by atoms with E-state index < -0.39 is 5.82 Å². The number of benzene rings is 1. The standard InChI is InChI=1S/C13H10FNO2/c1-2-17-13(16)12-5-8(7-15)10-4-3-9(14)6-11(10)12/h3-6,16H,2H2,1H3. The lowest BCUT2D eigenvalue weighted by Crippen LogP contribution is -1.94. The molecule has 0 radical (unpaired) electrons. The molecule has 0 atom stereocenters. The molecule has 3 nitrogen and oxygen atoms in total. The van der Waals surface area contributed by atoms with Gasteiger partial charge >= 0.3 is 0 Å². The molecular weight excluding hydrogens is 221 g/mol. The highest BCUT2D eigenvalue weighted by Gasteiger charge is 2.22. The second kappa shape index (κ2) is 4.30. The number of ether oxygens (including phenoxy) is 1. The summed E-state index contributed by atoms with van der Waals surface area (Å²) < 4.78 is 18.1. The maximum Gasteiger partial charge on any atom is 0.284 e. The Hall–Kier alpha value is -2.28. The van der Waals surface area contributed by atoms with Crippen LogP contribution in [0.4, 0.5) is 4.39 Å². The van der Waals surface area contributed by atoms with Crippen LogP contribution in [-0.2, 0) is 4.74 Å². The minimum atomic E-state index is -0.418. The van der Waals surface area contributed by atoms with E-state index in [0.717, 1.165) is 0 Å². The lowest BCUT2D eigenvalue weighted by Gasteiger charge is -2.05. The highest BCUT2D eigenvalue weighted by atomic mass is 19.1. The third kappa shape index (κ3) is 1.87. The quantitative estimate of drug-likeness (QED) is 0.796. The summed E-state index contributed by atoms with van der Waals surface area (Å²) in [6.45, 7) is 2.03. The predicted octanol–water partition coefficient (Wildman–Crippen LogP) is 3.01. The maximum absolute atomic E-state index is 13.2. The topological polar surface area (TPSA) is 53.2 Å². The van der Waals surface area contributed by atoms with Gasteiger partial charge in [0.1, 0.15) is 5.82 Å². The van der Waals surface area contributed by atoms with Gasteiger partial charge in [-0.05, 0) is 25.1 Å². The first-order valence-electron chi connectivity index (χ1n) is 5.15. The molecule has 0 unspecified atom stereocenters. The van der Waals surface area contributed by atoms with E-state index in [0.29, 0.717) is 28.9 Å². The predicted molar refractivity (Wildman–Crippen MR) is 61.2 cm³/mol. The van der Waals surface area contributed by atoms with Crippen LogP contribution in [0.25, 0.3) is 11.1 Å². The molecule has 0 spiro atoms. The van der Waals surface area contributed by atoms with Crippen molar-refractivity contribution in [2.45, 2.75) is 6.92 Å². The van der Waals surface area contributed by atoms with Crippen LogP contribution in [0.5, 0.6) is 0 Å². The molecule has 0 fully saturated rings. The van der Waals surface area contributed by atoms with Gasteiger partial charge in [0, 0.05) is 11.1 Å². The molecule has 17 heavy (non-hydrogen) atoms. The minimum absolute atomic E-state index is 0.287. The average molecular weight is 231 g/mol. The Morgan fingerprint density at radius 1 is 1.47 bits per heavy atom. The van der Waals surface area contributed by atoms with Crippen molar-refractivity contribution in [3.8, 4) is 6.07 Å². The van der Waals surface area contributed by atoms with Crippen molar-refractivity contribution in [3.05, 3.63) is 47.2 Å². The van der Waals surface area contributed by atoms with Crippen molar-refractivity contribution in [1.29, 1.82) is 5.26 Å². The van der Waals surface area contributed by atoms with Gasteiger partial charge in [0.25, 0.3) is 5.95 Å². The second-order valence-electron chi connectivity index (χ2n) is 3.51. The van der Waals surface area contributed by atoms with E-state index in [1.807, 2.05) is 6.07 Å². The summed E-state index contributed by atoms with van der Waals surface area (Å²) in [5.74, 6) is -0.706. The largest absolute Gasteiger partial charge is 0.481 e. The number of rotatable bonds is 2. The Kier molecular flexibility index (Phi) is 2.84. The van der Waals surface area contributed by atoms with Crippen LogP contribution >= 0.6 is 0 Å². The number of nitriles is 1. The molecule has 1 aromatic rings. The van der Waals surface area contributed by atoms with E-state index in [9.17, 15) is 9.50 Å². The van der Waals surface area contributed by atoms with E-state index in [-0.39, 0.29) is 5.95 Å².